The van der Waals surface area contributed by atoms with Crippen molar-refractivity contribution in [1.29, 1.82) is 0 Å². The van der Waals surface area contributed by atoms with Crippen LogP contribution in [0.15, 0.2) is 70.1 Å². The molecule has 2 aromatic rings. The molecule has 0 bridgehead atoms. The second kappa shape index (κ2) is 11.3. The number of ether oxygens (including phenoxy) is 3. The number of hydrogen-bond acceptors (Lipinski definition) is 9. The maximum Gasteiger partial charge on any atom is 0.338 e. The highest BCUT2D eigenvalue weighted by molar-refractivity contribution is 8.16. The number of rotatable bonds is 9. The van der Waals surface area contributed by atoms with E-state index < -0.39 is 12.0 Å². The third-order valence-electron chi connectivity index (χ3n) is 5.90. The summed E-state index contributed by atoms with van der Waals surface area (Å²) >= 11 is 1.43. The fourth-order valence-corrected chi connectivity index (χ4v) is 5.08. The maximum absolute atomic E-state index is 13.1. The zero-order valence-electron chi connectivity index (χ0n) is 20.6. The normalized spacial score (nSPS) is 16.7. The molecule has 4 rings (SSSR count). The first-order valence-electron chi connectivity index (χ1n) is 11.4. The van der Waals surface area contributed by atoms with Gasteiger partial charge in [0.15, 0.2) is 5.17 Å². The number of amides is 1. The Hall–Kier alpha value is -3.79. The number of benzene rings is 1. The van der Waals surface area contributed by atoms with Crippen LogP contribution >= 0.6 is 11.8 Å². The van der Waals surface area contributed by atoms with Gasteiger partial charge in [-0.25, -0.2) is 9.79 Å². The minimum atomic E-state index is -0.571. The molecule has 2 aliphatic rings. The highest BCUT2D eigenvalue weighted by Gasteiger charge is 2.41. The Morgan fingerprint density at radius 3 is 2.39 bits per heavy atom. The van der Waals surface area contributed by atoms with Crippen molar-refractivity contribution >= 4 is 28.8 Å². The van der Waals surface area contributed by atoms with Gasteiger partial charge in [-0.3, -0.25) is 9.78 Å². The molecule has 0 aliphatic carbocycles. The van der Waals surface area contributed by atoms with E-state index in [1.54, 1.807) is 32.7 Å². The minimum absolute atomic E-state index is 0.116. The zero-order chi connectivity index (χ0) is 25.7. The van der Waals surface area contributed by atoms with Gasteiger partial charge in [0.2, 0.25) is 5.91 Å². The topological polar surface area (TPSA) is 102 Å². The second-order valence-electron chi connectivity index (χ2n) is 8.05. The molecule has 2 aliphatic heterocycles. The number of carbonyl (C=O) groups excluding carboxylic acids is 2. The molecule has 1 aromatic heterocycles. The predicted molar refractivity (Wildman–Crippen MR) is 137 cm³/mol. The Labute approximate surface area is 214 Å². The lowest BCUT2D eigenvalue weighted by molar-refractivity contribution is -0.136. The van der Waals surface area contributed by atoms with Crippen LogP contribution < -0.4 is 14.8 Å². The average molecular weight is 509 g/mol. The Morgan fingerprint density at radius 2 is 1.78 bits per heavy atom. The number of nitrogens with one attached hydrogen (secondary N) is 1. The lowest BCUT2D eigenvalue weighted by Crippen LogP contribution is -2.38. The van der Waals surface area contributed by atoms with Gasteiger partial charge in [0.1, 0.15) is 11.5 Å². The van der Waals surface area contributed by atoms with Crippen LogP contribution in [0.2, 0.25) is 0 Å². The molecular formula is C26H28N4O5S. The van der Waals surface area contributed by atoms with Gasteiger partial charge in [0, 0.05) is 30.7 Å². The van der Waals surface area contributed by atoms with Gasteiger partial charge < -0.3 is 24.4 Å². The first-order valence-corrected chi connectivity index (χ1v) is 12.3. The van der Waals surface area contributed by atoms with Crippen molar-refractivity contribution in [1.82, 2.24) is 15.2 Å². The largest absolute Gasteiger partial charge is 0.497 e. The maximum atomic E-state index is 13.1. The summed E-state index contributed by atoms with van der Waals surface area (Å²) in [6.45, 7) is 2.34. The van der Waals surface area contributed by atoms with Gasteiger partial charge >= 0.3 is 5.97 Å². The first kappa shape index (κ1) is 25.3. The molecule has 0 radical (unpaired) electrons. The van der Waals surface area contributed by atoms with E-state index >= 15 is 0 Å². The summed E-state index contributed by atoms with van der Waals surface area (Å²) in [5.41, 5.74) is 3.51. The Kier molecular flexibility index (Phi) is 7.94. The van der Waals surface area contributed by atoms with E-state index in [9.17, 15) is 9.59 Å². The van der Waals surface area contributed by atoms with E-state index in [1.807, 2.05) is 41.5 Å². The number of esters is 1. The molecule has 0 saturated heterocycles. The number of carbonyl (C=O) groups is 2. The first-order chi connectivity index (χ1) is 17.5. The van der Waals surface area contributed by atoms with E-state index in [0.717, 1.165) is 16.8 Å². The molecule has 0 fully saturated rings. The quantitative estimate of drug-likeness (QED) is 0.508. The van der Waals surface area contributed by atoms with Crippen LogP contribution in [0.25, 0.3) is 0 Å². The molecule has 9 nitrogen and oxygen atoms in total. The number of aromatic nitrogens is 1. The lowest BCUT2D eigenvalue weighted by atomic mass is 9.92. The number of fused-ring (bicyclic) bond motifs is 1. The van der Waals surface area contributed by atoms with Crippen LogP contribution in [0.5, 0.6) is 11.5 Å². The summed E-state index contributed by atoms with van der Waals surface area (Å²) in [5.74, 6) is 0.554. The van der Waals surface area contributed by atoms with Crippen molar-refractivity contribution in [3.05, 3.63) is 76.2 Å². The van der Waals surface area contributed by atoms with Gasteiger partial charge in [-0.05, 0) is 47.2 Å². The van der Waals surface area contributed by atoms with Crippen LogP contribution in [-0.4, -0.2) is 48.3 Å². The van der Waals surface area contributed by atoms with Crippen LogP contribution in [0.4, 0.5) is 0 Å². The van der Waals surface area contributed by atoms with Gasteiger partial charge in [0.05, 0.1) is 45.1 Å². The number of pyridine rings is 1. The van der Waals surface area contributed by atoms with E-state index in [0.29, 0.717) is 40.9 Å². The zero-order valence-corrected chi connectivity index (χ0v) is 21.4. The van der Waals surface area contributed by atoms with Gasteiger partial charge in [0.25, 0.3) is 0 Å². The summed E-state index contributed by atoms with van der Waals surface area (Å²) in [7, 11) is 4.50. The molecule has 1 amide bonds. The number of hydrogen-bond donors (Lipinski definition) is 1. The predicted octanol–water partition coefficient (Wildman–Crippen LogP) is 3.94. The molecule has 1 N–H and O–H groups in total. The van der Waals surface area contributed by atoms with Crippen molar-refractivity contribution in [2.45, 2.75) is 32.4 Å². The van der Waals surface area contributed by atoms with Crippen molar-refractivity contribution in [2.75, 3.05) is 21.3 Å². The summed E-state index contributed by atoms with van der Waals surface area (Å²) in [5, 5.41) is 5.55. The van der Waals surface area contributed by atoms with Crippen LogP contribution in [0.1, 0.15) is 36.9 Å². The van der Waals surface area contributed by atoms with Crippen molar-refractivity contribution in [3.8, 4) is 11.5 Å². The molecule has 1 atom stereocenters. The Bertz CT molecular complexity index is 1220. The van der Waals surface area contributed by atoms with Crippen molar-refractivity contribution in [3.63, 3.8) is 0 Å². The lowest BCUT2D eigenvalue weighted by Gasteiger charge is -2.36. The fourth-order valence-electron chi connectivity index (χ4n) is 4.14. The molecule has 0 saturated carbocycles. The fraction of sp³-hybridized carbons (Fsp3) is 0.308. The van der Waals surface area contributed by atoms with Crippen LogP contribution in [0, 0.1) is 0 Å². The Balaban J connectivity index is 1.69. The van der Waals surface area contributed by atoms with Gasteiger partial charge in [-0.2, -0.15) is 0 Å². The molecule has 10 heteroatoms. The highest BCUT2D eigenvalue weighted by Crippen LogP contribution is 2.46. The summed E-state index contributed by atoms with van der Waals surface area (Å²) in [6, 6.07) is 8.62. The molecule has 0 unspecified atom stereocenters. The van der Waals surface area contributed by atoms with Crippen molar-refractivity contribution < 1.29 is 23.8 Å². The second-order valence-corrected chi connectivity index (χ2v) is 8.89. The van der Waals surface area contributed by atoms with Crippen LogP contribution in [-0.2, 0) is 20.9 Å². The van der Waals surface area contributed by atoms with E-state index in [-0.39, 0.29) is 12.3 Å². The average Bonchev–Trinajstić information content (AvgIpc) is 3.32. The third kappa shape index (κ3) is 5.23. The molecule has 3 heterocycles. The molecule has 0 spiro atoms. The van der Waals surface area contributed by atoms with E-state index in [2.05, 4.69) is 10.3 Å². The number of allylic oxidation sites excluding steroid dienone is 1. The van der Waals surface area contributed by atoms with Crippen LogP contribution in [0.3, 0.4) is 0 Å². The van der Waals surface area contributed by atoms with E-state index in [1.165, 1.54) is 18.9 Å². The summed E-state index contributed by atoms with van der Waals surface area (Å²) in [4.78, 5) is 36.6. The minimum Gasteiger partial charge on any atom is -0.497 e. The summed E-state index contributed by atoms with van der Waals surface area (Å²) < 4.78 is 16.2. The standard InChI is InChI=1S/C26H28N4O5S/c1-5-21-23(25(32)35-4)24(17-10-19(33-2)13-20(11-17)34-3)30-18(15-36-26(30)29-21)12-22(31)28-14-16-6-8-27-9-7-16/h6-11,13,15,24H,5,12,14H2,1-4H3,(H,28,31)/t24-/m0/s1. The Morgan fingerprint density at radius 1 is 1.08 bits per heavy atom. The molecule has 36 heavy (non-hydrogen) atoms. The summed E-state index contributed by atoms with van der Waals surface area (Å²) in [6.07, 6.45) is 4.03. The van der Waals surface area contributed by atoms with Gasteiger partial charge in [-0.1, -0.05) is 18.7 Å². The number of methoxy groups -OCH3 is 3. The monoisotopic (exact) mass is 508 g/mol. The third-order valence-corrected chi connectivity index (χ3v) is 6.79. The highest BCUT2D eigenvalue weighted by atomic mass is 32.2. The number of aliphatic imine (C=N–C) groups is 1. The number of nitrogens with zero attached hydrogens (tertiary/aromatic N) is 3. The number of amidine groups is 1. The molecule has 1 aromatic carbocycles. The van der Waals surface area contributed by atoms with E-state index in [4.69, 9.17) is 19.2 Å². The van der Waals surface area contributed by atoms with Gasteiger partial charge in [-0.15, -0.1) is 0 Å². The molecule has 188 valence electrons. The van der Waals surface area contributed by atoms with Crippen molar-refractivity contribution in [2.24, 2.45) is 4.99 Å². The molecular weight excluding hydrogens is 480 g/mol. The smallest absolute Gasteiger partial charge is 0.338 e. The number of thioether (sulfide) groups is 1. The SMILES string of the molecule is CCC1=C(C(=O)OC)[C@H](c2cc(OC)cc(OC)c2)N2C(CC(=O)NCc3ccncc3)=CSC2=N1.